The van der Waals surface area contributed by atoms with Crippen LogP contribution in [0.1, 0.15) is 11.1 Å². The number of carboxylic acid groups (broad SMARTS) is 1. The average Bonchev–Trinajstić information content (AvgIpc) is 2.26. The summed E-state index contributed by atoms with van der Waals surface area (Å²) in [6.07, 6.45) is 2.89. The van der Waals surface area contributed by atoms with Crippen LogP contribution in [0.4, 0.5) is 0 Å². The van der Waals surface area contributed by atoms with Gasteiger partial charge in [-0.3, -0.25) is 9.63 Å². The molecule has 5 nitrogen and oxygen atoms in total. The first kappa shape index (κ1) is 12.9. The predicted molar refractivity (Wildman–Crippen MR) is 61.9 cm³/mol. The largest absolute Gasteiger partial charge is 0.479 e. The highest BCUT2D eigenvalue weighted by Gasteiger charge is 1.98. The maximum atomic E-state index is 11.2. The third-order valence-corrected chi connectivity index (χ3v) is 1.84. The lowest BCUT2D eigenvalue weighted by molar-refractivity contribution is -0.147. The van der Waals surface area contributed by atoms with Gasteiger partial charge in [-0.15, -0.1) is 0 Å². The molecule has 90 valence electrons. The van der Waals surface area contributed by atoms with E-state index in [9.17, 15) is 9.59 Å². The zero-order valence-electron chi connectivity index (χ0n) is 9.34. The maximum absolute atomic E-state index is 11.2. The van der Waals surface area contributed by atoms with E-state index in [1.807, 2.05) is 36.7 Å². The van der Waals surface area contributed by atoms with Crippen LogP contribution in [0.5, 0.6) is 0 Å². The number of nitrogens with one attached hydrogen (secondary N) is 1. The van der Waals surface area contributed by atoms with Gasteiger partial charge in [-0.2, -0.15) is 0 Å². The summed E-state index contributed by atoms with van der Waals surface area (Å²) in [6.45, 7) is 1.39. The summed E-state index contributed by atoms with van der Waals surface area (Å²) in [4.78, 5) is 25.7. The molecule has 1 rings (SSSR count). The molecule has 0 fully saturated rings. The summed E-state index contributed by atoms with van der Waals surface area (Å²) in [7, 11) is 0. The Labute approximate surface area is 98.7 Å². The summed E-state index contributed by atoms with van der Waals surface area (Å²) in [6, 6.07) is 7.61. The normalized spacial score (nSPS) is 10.4. The first-order valence-electron chi connectivity index (χ1n) is 4.96. The third-order valence-electron chi connectivity index (χ3n) is 1.84. The van der Waals surface area contributed by atoms with Crippen molar-refractivity contribution in [3.8, 4) is 0 Å². The highest BCUT2D eigenvalue weighted by molar-refractivity contribution is 5.91. The SMILES string of the molecule is Cc1cccc(C=CC(=O)NOCC(=O)O)c1. The number of carbonyl (C=O) groups is 2. The van der Waals surface area contributed by atoms with Crippen LogP contribution in [-0.2, 0) is 14.4 Å². The fourth-order valence-corrected chi connectivity index (χ4v) is 1.15. The molecule has 5 heteroatoms. The number of carboxylic acids is 1. The quantitative estimate of drug-likeness (QED) is 0.592. The molecule has 0 aliphatic heterocycles. The Bertz CT molecular complexity index is 440. The lowest BCUT2D eigenvalue weighted by atomic mass is 10.1. The zero-order chi connectivity index (χ0) is 12.7. The van der Waals surface area contributed by atoms with Gasteiger partial charge in [0, 0.05) is 6.08 Å². The first-order valence-corrected chi connectivity index (χ1v) is 4.96. The molecule has 0 saturated heterocycles. The second kappa shape index (κ2) is 6.44. The molecule has 0 spiro atoms. The maximum Gasteiger partial charge on any atom is 0.332 e. The van der Waals surface area contributed by atoms with E-state index in [0.717, 1.165) is 11.1 Å². The molecule has 0 atom stereocenters. The first-order chi connectivity index (χ1) is 8.08. The molecule has 0 saturated carbocycles. The van der Waals surface area contributed by atoms with Gasteiger partial charge in [-0.05, 0) is 18.6 Å². The monoisotopic (exact) mass is 235 g/mol. The molecule has 0 aliphatic rings. The Hall–Kier alpha value is -2.14. The van der Waals surface area contributed by atoms with E-state index in [-0.39, 0.29) is 0 Å². The molecule has 1 aromatic carbocycles. The van der Waals surface area contributed by atoms with Crippen LogP contribution in [0, 0.1) is 6.92 Å². The van der Waals surface area contributed by atoms with Gasteiger partial charge in [0.15, 0.2) is 6.61 Å². The van der Waals surface area contributed by atoms with Crippen molar-refractivity contribution in [2.24, 2.45) is 0 Å². The van der Waals surface area contributed by atoms with Crippen LogP contribution < -0.4 is 5.48 Å². The van der Waals surface area contributed by atoms with E-state index >= 15 is 0 Å². The van der Waals surface area contributed by atoms with Crippen molar-refractivity contribution in [2.75, 3.05) is 6.61 Å². The summed E-state index contributed by atoms with van der Waals surface area (Å²) in [5.41, 5.74) is 3.97. The number of benzene rings is 1. The molecule has 0 aromatic heterocycles. The van der Waals surface area contributed by atoms with Crippen LogP contribution >= 0.6 is 0 Å². The van der Waals surface area contributed by atoms with E-state index in [2.05, 4.69) is 4.84 Å². The van der Waals surface area contributed by atoms with Crippen LogP contribution in [0.25, 0.3) is 6.08 Å². The Morgan fingerprint density at radius 1 is 1.47 bits per heavy atom. The van der Waals surface area contributed by atoms with Gasteiger partial charge >= 0.3 is 5.97 Å². The van der Waals surface area contributed by atoms with Gasteiger partial charge in [-0.25, -0.2) is 10.3 Å². The molecule has 2 N–H and O–H groups in total. The zero-order valence-corrected chi connectivity index (χ0v) is 9.34. The minimum atomic E-state index is -1.15. The van der Waals surface area contributed by atoms with Gasteiger partial charge in [0.1, 0.15) is 0 Å². The molecule has 0 aliphatic carbocycles. The topological polar surface area (TPSA) is 75.6 Å². The number of hydrogen-bond donors (Lipinski definition) is 2. The second-order valence-electron chi connectivity index (χ2n) is 3.40. The van der Waals surface area contributed by atoms with Crippen molar-refractivity contribution in [3.63, 3.8) is 0 Å². The van der Waals surface area contributed by atoms with Crippen LogP contribution in [0.3, 0.4) is 0 Å². The molecule has 0 heterocycles. The molecular weight excluding hydrogens is 222 g/mol. The highest BCUT2D eigenvalue weighted by atomic mass is 16.7. The molecule has 0 radical (unpaired) electrons. The minimum absolute atomic E-state index is 0.507. The fourth-order valence-electron chi connectivity index (χ4n) is 1.15. The number of aryl methyl sites for hydroxylation is 1. The van der Waals surface area contributed by atoms with Gasteiger partial charge in [0.25, 0.3) is 5.91 Å². The molecule has 17 heavy (non-hydrogen) atoms. The molecule has 0 bridgehead atoms. The average molecular weight is 235 g/mol. The van der Waals surface area contributed by atoms with Gasteiger partial charge in [0.2, 0.25) is 0 Å². The molecule has 1 aromatic rings. The summed E-state index contributed by atoms with van der Waals surface area (Å²) in [5.74, 6) is -1.65. The van der Waals surface area contributed by atoms with E-state index in [4.69, 9.17) is 5.11 Å². The fraction of sp³-hybridized carbons (Fsp3) is 0.167. The number of hydrogen-bond acceptors (Lipinski definition) is 3. The van der Waals surface area contributed by atoms with E-state index in [1.165, 1.54) is 6.08 Å². The Kier molecular flexibility index (Phi) is 4.90. The van der Waals surface area contributed by atoms with Crippen LogP contribution in [-0.4, -0.2) is 23.6 Å². The summed E-state index contributed by atoms with van der Waals surface area (Å²) < 4.78 is 0. The van der Waals surface area contributed by atoms with E-state index in [1.54, 1.807) is 6.08 Å². The summed E-state index contributed by atoms with van der Waals surface area (Å²) >= 11 is 0. The number of carbonyl (C=O) groups excluding carboxylic acids is 1. The van der Waals surface area contributed by atoms with Crippen molar-refractivity contribution in [2.45, 2.75) is 6.92 Å². The molecule has 1 amide bonds. The van der Waals surface area contributed by atoms with Crippen molar-refractivity contribution >= 4 is 18.0 Å². The van der Waals surface area contributed by atoms with E-state index in [0.29, 0.717) is 0 Å². The van der Waals surface area contributed by atoms with Crippen LogP contribution in [0.15, 0.2) is 30.3 Å². The van der Waals surface area contributed by atoms with Crippen molar-refractivity contribution in [1.29, 1.82) is 0 Å². The number of rotatable bonds is 5. The standard InChI is InChI=1S/C12H13NO4/c1-9-3-2-4-10(7-9)5-6-11(14)13-17-8-12(15)16/h2-7H,8H2,1H3,(H,13,14)(H,15,16). The number of amides is 1. The lowest BCUT2D eigenvalue weighted by Gasteiger charge is -1.99. The molecule has 0 unspecified atom stereocenters. The number of aliphatic carboxylic acids is 1. The van der Waals surface area contributed by atoms with Crippen molar-refractivity contribution in [3.05, 3.63) is 41.5 Å². The second-order valence-corrected chi connectivity index (χ2v) is 3.40. The highest BCUT2D eigenvalue weighted by Crippen LogP contribution is 2.05. The van der Waals surface area contributed by atoms with Gasteiger partial charge < -0.3 is 5.11 Å². The Balaban J connectivity index is 2.43. The van der Waals surface area contributed by atoms with Crippen molar-refractivity contribution < 1.29 is 19.5 Å². The Morgan fingerprint density at radius 3 is 2.88 bits per heavy atom. The lowest BCUT2D eigenvalue weighted by Crippen LogP contribution is -2.24. The van der Waals surface area contributed by atoms with E-state index < -0.39 is 18.5 Å². The van der Waals surface area contributed by atoms with Gasteiger partial charge in [0.05, 0.1) is 0 Å². The predicted octanol–water partition coefficient (Wildman–Crippen LogP) is 1.14. The van der Waals surface area contributed by atoms with Crippen molar-refractivity contribution in [1.82, 2.24) is 5.48 Å². The third kappa shape index (κ3) is 5.48. The minimum Gasteiger partial charge on any atom is -0.479 e. The summed E-state index contributed by atoms with van der Waals surface area (Å²) in [5, 5.41) is 8.27. The Morgan fingerprint density at radius 2 is 2.24 bits per heavy atom. The molecular formula is C12H13NO4. The van der Waals surface area contributed by atoms with Gasteiger partial charge in [-0.1, -0.05) is 29.8 Å². The number of hydroxylamine groups is 1. The van der Waals surface area contributed by atoms with Crippen LogP contribution in [0.2, 0.25) is 0 Å². The smallest absolute Gasteiger partial charge is 0.332 e.